The van der Waals surface area contributed by atoms with Crippen LogP contribution in [-0.4, -0.2) is 36.9 Å². The molecule has 0 aliphatic carbocycles. The zero-order valence-corrected chi connectivity index (χ0v) is 11.4. The molecule has 0 rings (SSSR count). The van der Waals surface area contributed by atoms with E-state index in [4.69, 9.17) is 5.11 Å². The Labute approximate surface area is 93.2 Å². The Bertz CT molecular complexity index is 112. The van der Waals surface area contributed by atoms with E-state index in [0.29, 0.717) is 3.58 Å². The van der Waals surface area contributed by atoms with E-state index in [1.807, 2.05) is 22.6 Å². The second kappa shape index (κ2) is 6.66. The number of hydrogen-bond donors (Lipinski definition) is 1. The van der Waals surface area contributed by atoms with E-state index in [1.54, 1.807) is 22.6 Å². The molecule has 1 N–H and O–H groups in total. The molecule has 0 aromatic carbocycles. The smallest absolute Gasteiger partial charge is 0.342 e. The SMILES string of the molecule is O=C(O)C(I)=CI.[In]. The fourth-order valence-corrected chi connectivity index (χ4v) is 0.313. The summed E-state index contributed by atoms with van der Waals surface area (Å²) in [5, 5.41) is 8.10. The second-order valence-electron chi connectivity index (χ2n) is 0.762. The molecule has 0 heterocycles. The Morgan fingerprint density at radius 3 is 2.00 bits per heavy atom. The van der Waals surface area contributed by atoms with Crippen molar-refractivity contribution in [2.45, 2.75) is 0 Å². The molecule has 0 aromatic heterocycles. The minimum Gasteiger partial charge on any atom is -0.477 e. The predicted octanol–water partition coefficient (Wildman–Crippen LogP) is 1.40. The van der Waals surface area contributed by atoms with Crippen LogP contribution in [0.25, 0.3) is 0 Å². The first-order valence-electron chi connectivity index (χ1n) is 1.37. The predicted molar refractivity (Wildman–Crippen MR) is 49.5 cm³/mol. The fraction of sp³-hybridized carbons (Fsp3) is 0. The summed E-state index contributed by atoms with van der Waals surface area (Å²) in [6, 6.07) is 0. The van der Waals surface area contributed by atoms with Crippen molar-refractivity contribution in [1.29, 1.82) is 0 Å². The minimum absolute atomic E-state index is 0. The number of aliphatic carboxylic acids is 1. The van der Waals surface area contributed by atoms with Crippen LogP contribution in [0, 0.1) is 0 Å². The summed E-state index contributed by atoms with van der Waals surface area (Å²) in [7, 11) is 0. The summed E-state index contributed by atoms with van der Waals surface area (Å²) in [4.78, 5) is 9.85. The monoisotopic (exact) mass is 439 g/mol. The van der Waals surface area contributed by atoms with E-state index in [9.17, 15) is 4.79 Å². The molecule has 3 radical (unpaired) electrons. The van der Waals surface area contributed by atoms with Crippen LogP contribution in [0.5, 0.6) is 0 Å². The van der Waals surface area contributed by atoms with Crippen molar-refractivity contribution in [2.75, 3.05) is 0 Å². The quantitative estimate of drug-likeness (QED) is 0.496. The van der Waals surface area contributed by atoms with Gasteiger partial charge >= 0.3 is 5.97 Å². The van der Waals surface area contributed by atoms with Crippen LogP contribution in [0.3, 0.4) is 0 Å². The van der Waals surface area contributed by atoms with Gasteiger partial charge in [0.05, 0.1) is 0 Å². The average Bonchev–Trinajstić information content (AvgIpc) is 1.65. The molecule has 0 bridgehead atoms. The zero-order chi connectivity index (χ0) is 5.86. The van der Waals surface area contributed by atoms with Crippen LogP contribution in [0.2, 0.25) is 0 Å². The molecule has 5 heteroatoms. The first-order chi connectivity index (χ1) is 3.18. The summed E-state index contributed by atoms with van der Waals surface area (Å²) in [5.74, 6) is -0.866. The molecular formula is C3H2I2InO2. The van der Waals surface area contributed by atoms with Crippen LogP contribution in [0.1, 0.15) is 0 Å². The average molecular weight is 439 g/mol. The maximum absolute atomic E-state index is 9.85. The van der Waals surface area contributed by atoms with Crippen molar-refractivity contribution < 1.29 is 9.90 Å². The van der Waals surface area contributed by atoms with Crippen molar-refractivity contribution in [1.82, 2.24) is 0 Å². The second-order valence-corrected chi connectivity index (χ2v) is 2.55. The molecule has 0 saturated carbocycles. The standard InChI is InChI=1S/C3H2I2O2.In/c4-1-2(5)3(6)7;/h1H,(H,6,7);. The van der Waals surface area contributed by atoms with Crippen molar-refractivity contribution >= 4 is 77.0 Å². The Morgan fingerprint density at radius 2 is 2.00 bits per heavy atom. The van der Waals surface area contributed by atoms with Gasteiger partial charge in [-0.25, -0.2) is 4.79 Å². The third kappa shape index (κ3) is 5.67. The van der Waals surface area contributed by atoms with E-state index in [-0.39, 0.29) is 25.8 Å². The van der Waals surface area contributed by atoms with Gasteiger partial charge in [0.2, 0.25) is 0 Å². The third-order valence-corrected chi connectivity index (χ3v) is 2.89. The maximum Gasteiger partial charge on any atom is 0.342 e. The molecule has 0 spiro atoms. The Kier molecular flexibility index (Phi) is 10.2. The zero-order valence-electron chi connectivity index (χ0n) is 3.77. The van der Waals surface area contributed by atoms with Gasteiger partial charge in [0.25, 0.3) is 0 Å². The summed E-state index contributed by atoms with van der Waals surface area (Å²) in [5.41, 5.74) is 0. The number of rotatable bonds is 1. The molecule has 0 aliphatic rings. The number of carboxylic acid groups (broad SMARTS) is 1. The fourth-order valence-electron chi connectivity index (χ4n) is 0.0467. The van der Waals surface area contributed by atoms with Gasteiger partial charge < -0.3 is 5.11 Å². The van der Waals surface area contributed by atoms with Crippen molar-refractivity contribution in [3.05, 3.63) is 7.66 Å². The van der Waals surface area contributed by atoms with E-state index in [0.717, 1.165) is 0 Å². The van der Waals surface area contributed by atoms with E-state index >= 15 is 0 Å². The van der Waals surface area contributed by atoms with Gasteiger partial charge in [0.15, 0.2) is 0 Å². The number of carboxylic acids is 1. The molecule has 43 valence electrons. The van der Waals surface area contributed by atoms with Gasteiger partial charge in [-0.15, -0.1) is 0 Å². The molecule has 2 nitrogen and oxygen atoms in total. The Morgan fingerprint density at radius 1 is 1.62 bits per heavy atom. The number of carbonyl (C=O) groups is 1. The van der Waals surface area contributed by atoms with Crippen LogP contribution >= 0.6 is 45.2 Å². The van der Waals surface area contributed by atoms with Crippen LogP contribution < -0.4 is 0 Å². The number of hydrogen-bond acceptors (Lipinski definition) is 1. The first kappa shape index (κ1) is 12.2. The molecule has 8 heavy (non-hydrogen) atoms. The van der Waals surface area contributed by atoms with Crippen LogP contribution in [-0.2, 0) is 4.79 Å². The largest absolute Gasteiger partial charge is 0.477 e. The third-order valence-electron chi connectivity index (χ3n) is 0.300. The first-order valence-corrected chi connectivity index (χ1v) is 3.70. The van der Waals surface area contributed by atoms with Gasteiger partial charge in [-0.3, -0.25) is 0 Å². The minimum atomic E-state index is -0.866. The normalized spacial score (nSPS) is 10.0. The van der Waals surface area contributed by atoms with Gasteiger partial charge in [-0.1, -0.05) is 22.6 Å². The molecule has 0 aromatic rings. The molecule has 0 fully saturated rings. The molecular weight excluding hydrogens is 437 g/mol. The molecule has 0 unspecified atom stereocenters. The van der Waals surface area contributed by atoms with Crippen molar-refractivity contribution in [3.63, 3.8) is 0 Å². The topological polar surface area (TPSA) is 37.3 Å². The molecule has 0 amide bonds. The van der Waals surface area contributed by atoms with Crippen LogP contribution in [0.4, 0.5) is 0 Å². The molecule has 0 aliphatic heterocycles. The van der Waals surface area contributed by atoms with E-state index in [2.05, 4.69) is 0 Å². The summed E-state index contributed by atoms with van der Waals surface area (Å²) < 4.78 is 1.86. The molecule has 0 atom stereocenters. The van der Waals surface area contributed by atoms with Gasteiger partial charge in [-0.05, 0) is 26.7 Å². The summed E-state index contributed by atoms with van der Waals surface area (Å²) >= 11 is 3.63. The van der Waals surface area contributed by atoms with E-state index in [1.165, 1.54) is 4.08 Å². The summed E-state index contributed by atoms with van der Waals surface area (Å²) in [6.07, 6.45) is 0. The van der Waals surface area contributed by atoms with Gasteiger partial charge in [0, 0.05) is 25.8 Å². The Balaban J connectivity index is 0. The van der Waals surface area contributed by atoms with Crippen LogP contribution in [0.15, 0.2) is 7.66 Å². The van der Waals surface area contributed by atoms with Crippen molar-refractivity contribution in [2.24, 2.45) is 0 Å². The maximum atomic E-state index is 9.85. The number of halogens is 2. The summed E-state index contributed by atoms with van der Waals surface area (Å²) in [6.45, 7) is 0. The Hall–Kier alpha value is 1.54. The van der Waals surface area contributed by atoms with Gasteiger partial charge in [-0.2, -0.15) is 0 Å². The van der Waals surface area contributed by atoms with Crippen molar-refractivity contribution in [3.8, 4) is 0 Å². The molecule has 0 saturated heterocycles. The van der Waals surface area contributed by atoms with Gasteiger partial charge in [0.1, 0.15) is 3.58 Å². The van der Waals surface area contributed by atoms with E-state index < -0.39 is 5.97 Å².